The lowest BCUT2D eigenvalue weighted by Crippen LogP contribution is -2.36. The predicted molar refractivity (Wildman–Crippen MR) is 140 cm³/mol. The van der Waals surface area contributed by atoms with E-state index in [1.807, 2.05) is 7.05 Å². The lowest BCUT2D eigenvalue weighted by atomic mass is 9.91. The van der Waals surface area contributed by atoms with E-state index < -0.39 is 24.0 Å². The van der Waals surface area contributed by atoms with E-state index in [9.17, 15) is 22.8 Å². The van der Waals surface area contributed by atoms with E-state index in [1.165, 1.54) is 6.07 Å². The molecule has 1 fully saturated rings. The van der Waals surface area contributed by atoms with Crippen molar-refractivity contribution in [1.29, 1.82) is 5.26 Å². The summed E-state index contributed by atoms with van der Waals surface area (Å²) >= 11 is 0. The van der Waals surface area contributed by atoms with Crippen LogP contribution < -0.4 is 10.6 Å². The maximum absolute atomic E-state index is 14.5. The number of aromatic nitrogens is 2. The van der Waals surface area contributed by atoms with Gasteiger partial charge in [-0.05, 0) is 83.1 Å². The Bertz CT molecular complexity index is 1380. The number of piperidine rings is 1. The fraction of sp³-hybridized carbons (Fsp3) is 0.429. The average molecular weight is 527 g/mol. The number of anilines is 2. The number of nitrogens with one attached hydrogen (secondary N) is 2. The minimum Gasteiger partial charge on any atom is -0.382 e. The van der Waals surface area contributed by atoms with Crippen LogP contribution in [0.5, 0.6) is 0 Å². The molecule has 1 aliphatic heterocycles. The number of halogens is 4. The summed E-state index contributed by atoms with van der Waals surface area (Å²) in [6.45, 7) is 4.21. The van der Waals surface area contributed by atoms with Gasteiger partial charge in [-0.25, -0.2) is 4.39 Å². The van der Waals surface area contributed by atoms with Gasteiger partial charge in [0.2, 0.25) is 0 Å². The number of alkyl halides is 3. The average Bonchev–Trinajstić information content (AvgIpc) is 3.19. The van der Waals surface area contributed by atoms with Crippen molar-refractivity contribution in [3.63, 3.8) is 0 Å². The van der Waals surface area contributed by atoms with Crippen molar-refractivity contribution in [3.05, 3.63) is 53.7 Å². The van der Waals surface area contributed by atoms with Crippen molar-refractivity contribution in [1.82, 2.24) is 14.5 Å². The molecular weight excluding hydrogens is 496 g/mol. The van der Waals surface area contributed by atoms with Crippen LogP contribution >= 0.6 is 0 Å². The zero-order valence-corrected chi connectivity index (χ0v) is 21.6. The van der Waals surface area contributed by atoms with Gasteiger partial charge in [-0.3, -0.25) is 4.98 Å². The Labute approximate surface area is 219 Å². The quantitative estimate of drug-likeness (QED) is 0.328. The Kier molecular flexibility index (Phi) is 7.84. The highest BCUT2D eigenvalue weighted by Gasteiger charge is 2.30. The number of nitrogens with zero attached hydrogens (tertiary/aromatic N) is 4. The molecule has 2 N–H and O–H groups in total. The summed E-state index contributed by atoms with van der Waals surface area (Å²) in [6.07, 6.45) is -1.19. The van der Waals surface area contributed by atoms with Crippen molar-refractivity contribution in [3.8, 4) is 17.9 Å². The lowest BCUT2D eigenvalue weighted by molar-refractivity contribution is -0.140. The summed E-state index contributed by atoms with van der Waals surface area (Å²) in [4.78, 5) is 6.51. The molecule has 0 bridgehead atoms. The second kappa shape index (κ2) is 10.9. The zero-order valence-electron chi connectivity index (χ0n) is 21.6. The van der Waals surface area contributed by atoms with Crippen LogP contribution in [0.25, 0.3) is 10.9 Å². The summed E-state index contributed by atoms with van der Waals surface area (Å²) in [5.41, 5.74) is 1.35. The van der Waals surface area contributed by atoms with E-state index >= 15 is 0 Å². The second-order valence-electron chi connectivity index (χ2n) is 10.2. The minimum atomic E-state index is -4.50. The van der Waals surface area contributed by atoms with E-state index in [0.717, 1.165) is 36.6 Å². The van der Waals surface area contributed by atoms with Crippen molar-refractivity contribution in [2.75, 3.05) is 37.3 Å². The van der Waals surface area contributed by atoms with E-state index in [4.69, 9.17) is 0 Å². The van der Waals surface area contributed by atoms with Crippen LogP contribution in [-0.4, -0.2) is 53.4 Å². The number of pyridine rings is 1. The molecule has 0 saturated carbocycles. The first-order valence-electron chi connectivity index (χ1n) is 12.4. The first-order valence-corrected chi connectivity index (χ1v) is 12.4. The molecule has 0 aliphatic carbocycles. The number of rotatable bonds is 6. The maximum atomic E-state index is 14.5. The van der Waals surface area contributed by atoms with Crippen LogP contribution in [-0.2, 0) is 12.0 Å². The standard InChI is InChI=1S/C28H30F4N6/c1-27(2,17-33)26-7-6-21(16-35-26)34-10-4-5-22-15-23-24(36-20-8-11-37(3)12-9-20)13-19(29)14-25(23)38(22)18-28(30,31)32/h6-7,13-16,20,34,36H,8-12,18H2,1-3H3. The highest BCUT2D eigenvalue weighted by Crippen LogP contribution is 2.32. The molecule has 200 valence electrons. The van der Waals surface area contributed by atoms with E-state index in [2.05, 4.69) is 38.4 Å². The maximum Gasteiger partial charge on any atom is 0.406 e. The Morgan fingerprint density at radius 2 is 1.87 bits per heavy atom. The SMILES string of the molecule is CN1CCC(Nc2cc(F)cc3c2cc(C#CCNc2ccc(C(C)(C)C#N)nc2)n3CC(F)(F)F)CC1. The summed E-state index contributed by atoms with van der Waals surface area (Å²) < 4.78 is 56.0. The molecule has 1 aliphatic rings. The van der Waals surface area contributed by atoms with Gasteiger partial charge in [-0.1, -0.05) is 5.92 Å². The molecule has 6 nitrogen and oxygen atoms in total. The van der Waals surface area contributed by atoms with Crippen LogP contribution in [0.3, 0.4) is 0 Å². The van der Waals surface area contributed by atoms with E-state index in [0.29, 0.717) is 22.5 Å². The predicted octanol–water partition coefficient (Wildman–Crippen LogP) is 5.51. The van der Waals surface area contributed by atoms with Crippen molar-refractivity contribution >= 4 is 22.3 Å². The Morgan fingerprint density at radius 3 is 2.50 bits per heavy atom. The zero-order chi connectivity index (χ0) is 27.5. The third kappa shape index (κ3) is 6.56. The fourth-order valence-corrected chi connectivity index (χ4v) is 4.47. The smallest absolute Gasteiger partial charge is 0.382 e. The van der Waals surface area contributed by atoms with Gasteiger partial charge in [-0.15, -0.1) is 0 Å². The van der Waals surface area contributed by atoms with E-state index in [1.54, 1.807) is 38.2 Å². The van der Waals surface area contributed by atoms with Crippen LogP contribution in [0, 0.1) is 29.0 Å². The summed E-state index contributed by atoms with van der Waals surface area (Å²) in [5, 5.41) is 16.2. The van der Waals surface area contributed by atoms with Gasteiger partial charge < -0.3 is 20.1 Å². The molecule has 2 aromatic heterocycles. The molecule has 0 amide bonds. The van der Waals surface area contributed by atoms with Gasteiger partial charge in [-0.2, -0.15) is 18.4 Å². The number of fused-ring (bicyclic) bond motifs is 1. The molecule has 3 heterocycles. The number of hydrogen-bond acceptors (Lipinski definition) is 5. The van der Waals surface area contributed by atoms with Crippen molar-refractivity contribution < 1.29 is 17.6 Å². The van der Waals surface area contributed by atoms with Crippen LogP contribution in [0.4, 0.5) is 28.9 Å². The number of nitriles is 1. The molecule has 4 rings (SSSR count). The topological polar surface area (TPSA) is 68.9 Å². The molecule has 0 unspecified atom stereocenters. The number of benzene rings is 1. The third-order valence-corrected chi connectivity index (χ3v) is 6.68. The summed E-state index contributed by atoms with van der Waals surface area (Å²) in [5.74, 6) is 5.09. The molecular formula is C28H30F4N6. The summed E-state index contributed by atoms with van der Waals surface area (Å²) in [6, 6.07) is 9.87. The van der Waals surface area contributed by atoms with Crippen LogP contribution in [0.1, 0.15) is 38.1 Å². The van der Waals surface area contributed by atoms with Gasteiger partial charge in [0.25, 0.3) is 0 Å². The molecule has 3 aromatic rings. The summed E-state index contributed by atoms with van der Waals surface area (Å²) in [7, 11) is 2.04. The molecule has 0 spiro atoms. The van der Waals surface area contributed by atoms with Gasteiger partial charge in [0.15, 0.2) is 0 Å². The molecule has 10 heteroatoms. The third-order valence-electron chi connectivity index (χ3n) is 6.68. The van der Waals surface area contributed by atoms with Crippen molar-refractivity contribution in [2.24, 2.45) is 0 Å². The lowest BCUT2D eigenvalue weighted by Gasteiger charge is -2.30. The molecule has 38 heavy (non-hydrogen) atoms. The Morgan fingerprint density at radius 1 is 1.13 bits per heavy atom. The minimum absolute atomic E-state index is 0.111. The first-order chi connectivity index (χ1) is 17.9. The largest absolute Gasteiger partial charge is 0.406 e. The molecule has 0 atom stereocenters. The van der Waals surface area contributed by atoms with E-state index in [-0.39, 0.29) is 23.8 Å². The highest BCUT2D eigenvalue weighted by molar-refractivity contribution is 5.94. The highest BCUT2D eigenvalue weighted by atomic mass is 19.4. The van der Waals surface area contributed by atoms with Gasteiger partial charge in [0, 0.05) is 17.1 Å². The van der Waals surface area contributed by atoms with Gasteiger partial charge >= 0.3 is 6.18 Å². The fourth-order valence-electron chi connectivity index (χ4n) is 4.47. The van der Waals surface area contributed by atoms with Crippen molar-refractivity contribution in [2.45, 2.75) is 50.9 Å². The van der Waals surface area contributed by atoms with Gasteiger partial charge in [0.1, 0.15) is 12.4 Å². The van der Waals surface area contributed by atoms with Gasteiger partial charge in [0.05, 0.1) is 46.8 Å². The molecule has 1 aromatic carbocycles. The Balaban J connectivity index is 1.58. The molecule has 0 radical (unpaired) electrons. The molecule has 1 saturated heterocycles. The Hall–Kier alpha value is -3.76. The number of hydrogen-bond donors (Lipinski definition) is 2. The normalized spacial score (nSPS) is 15.1. The van der Waals surface area contributed by atoms with Crippen LogP contribution in [0.2, 0.25) is 0 Å². The van der Waals surface area contributed by atoms with Crippen LogP contribution in [0.15, 0.2) is 36.5 Å². The second-order valence-corrected chi connectivity index (χ2v) is 10.2. The monoisotopic (exact) mass is 526 g/mol. The number of likely N-dealkylation sites (tertiary alicyclic amines) is 1. The first kappa shape index (κ1) is 27.3.